The van der Waals surface area contributed by atoms with E-state index in [-0.39, 0.29) is 5.76 Å². The van der Waals surface area contributed by atoms with Gasteiger partial charge in [0.15, 0.2) is 5.76 Å². The number of nitrogens with one attached hydrogen (secondary N) is 1. The highest BCUT2D eigenvalue weighted by atomic mass is 16.4. The normalized spacial score (nSPS) is 12.2. The molecule has 0 aliphatic rings. The predicted molar refractivity (Wildman–Crippen MR) is 62.0 cm³/mol. The van der Waals surface area contributed by atoms with Gasteiger partial charge in [0.25, 0.3) is 5.91 Å². The van der Waals surface area contributed by atoms with Crippen molar-refractivity contribution in [1.29, 1.82) is 0 Å². The van der Waals surface area contributed by atoms with Crippen molar-refractivity contribution < 1.29 is 19.1 Å². The Morgan fingerprint density at radius 1 is 1.41 bits per heavy atom. The van der Waals surface area contributed by atoms with Gasteiger partial charge in [0.05, 0.1) is 0 Å². The van der Waals surface area contributed by atoms with Crippen molar-refractivity contribution in [1.82, 2.24) is 5.32 Å². The molecule has 0 saturated carbocycles. The van der Waals surface area contributed by atoms with Gasteiger partial charge in [0.2, 0.25) is 0 Å². The lowest BCUT2D eigenvalue weighted by atomic mass is 10.1. The first kappa shape index (κ1) is 13.3. The number of furan rings is 1. The van der Waals surface area contributed by atoms with Gasteiger partial charge in [-0.15, -0.1) is 0 Å². The molecule has 0 fully saturated rings. The molecule has 1 heterocycles. The average Bonchev–Trinajstić information content (AvgIpc) is 2.71. The summed E-state index contributed by atoms with van der Waals surface area (Å²) in [5, 5.41) is 11.0. The zero-order valence-electron chi connectivity index (χ0n) is 10.2. The first-order chi connectivity index (χ1) is 7.99. The monoisotopic (exact) mass is 239 g/mol. The van der Waals surface area contributed by atoms with E-state index in [1.54, 1.807) is 6.07 Å². The minimum absolute atomic E-state index is 0.173. The van der Waals surface area contributed by atoms with Crippen LogP contribution in [-0.2, 0) is 17.6 Å². The summed E-state index contributed by atoms with van der Waals surface area (Å²) in [6, 6.07) is 0.741. The molecule has 5 nitrogen and oxygen atoms in total. The minimum atomic E-state index is -1.07. The maximum Gasteiger partial charge on any atom is 0.325 e. The molecule has 0 aromatic carbocycles. The average molecular weight is 239 g/mol. The Morgan fingerprint density at radius 2 is 2.06 bits per heavy atom. The van der Waals surface area contributed by atoms with Gasteiger partial charge < -0.3 is 14.8 Å². The molecule has 2 N–H and O–H groups in total. The van der Waals surface area contributed by atoms with Crippen molar-refractivity contribution in [2.75, 3.05) is 0 Å². The first-order valence-electron chi connectivity index (χ1n) is 5.64. The summed E-state index contributed by atoms with van der Waals surface area (Å²) in [4.78, 5) is 22.3. The topological polar surface area (TPSA) is 79.5 Å². The number of hydrogen-bond acceptors (Lipinski definition) is 3. The number of rotatable bonds is 5. The molecule has 0 radical (unpaired) electrons. The molecule has 94 valence electrons. The molecule has 17 heavy (non-hydrogen) atoms. The summed E-state index contributed by atoms with van der Waals surface area (Å²) in [6.45, 7) is 5.33. The van der Waals surface area contributed by atoms with E-state index in [9.17, 15) is 9.59 Å². The van der Waals surface area contributed by atoms with E-state index in [4.69, 9.17) is 9.52 Å². The second-order valence-electron chi connectivity index (χ2n) is 3.80. The number of carbonyl (C=O) groups is 2. The molecule has 1 atom stereocenters. The van der Waals surface area contributed by atoms with Gasteiger partial charge in [-0.2, -0.15) is 0 Å². The van der Waals surface area contributed by atoms with Crippen LogP contribution < -0.4 is 5.32 Å². The molecule has 1 aromatic rings. The Bertz CT molecular complexity index is 401. The molecule has 0 aliphatic carbocycles. The predicted octanol–water partition coefficient (Wildman–Crippen LogP) is 1.61. The third-order valence-corrected chi connectivity index (χ3v) is 2.54. The highest BCUT2D eigenvalue weighted by Crippen LogP contribution is 2.16. The molecule has 1 aromatic heterocycles. The van der Waals surface area contributed by atoms with E-state index >= 15 is 0 Å². The van der Waals surface area contributed by atoms with Crippen LogP contribution in [0.15, 0.2) is 10.5 Å². The number of carboxylic acids is 1. The van der Waals surface area contributed by atoms with Crippen molar-refractivity contribution in [3.63, 3.8) is 0 Å². The van der Waals surface area contributed by atoms with Crippen LogP contribution in [0.25, 0.3) is 0 Å². The van der Waals surface area contributed by atoms with E-state index in [0.29, 0.717) is 6.42 Å². The zero-order valence-corrected chi connectivity index (χ0v) is 10.2. The third-order valence-electron chi connectivity index (χ3n) is 2.54. The van der Waals surface area contributed by atoms with Gasteiger partial charge in [-0.3, -0.25) is 9.59 Å². The van der Waals surface area contributed by atoms with Gasteiger partial charge in [0, 0.05) is 6.42 Å². The fourth-order valence-electron chi connectivity index (χ4n) is 1.51. The minimum Gasteiger partial charge on any atom is -0.480 e. The van der Waals surface area contributed by atoms with Crippen LogP contribution in [0.4, 0.5) is 0 Å². The summed E-state index contributed by atoms with van der Waals surface area (Å²) in [5.74, 6) is -0.613. The van der Waals surface area contributed by atoms with E-state index in [1.807, 2.05) is 13.8 Å². The molecule has 0 bridgehead atoms. The Labute approximate surface area is 99.8 Å². The van der Waals surface area contributed by atoms with Gasteiger partial charge in [-0.05, 0) is 25.0 Å². The largest absolute Gasteiger partial charge is 0.480 e. The highest BCUT2D eigenvalue weighted by molar-refractivity contribution is 5.94. The highest BCUT2D eigenvalue weighted by Gasteiger charge is 2.19. The Kier molecular flexibility index (Phi) is 4.31. The van der Waals surface area contributed by atoms with Gasteiger partial charge in [0.1, 0.15) is 11.8 Å². The third kappa shape index (κ3) is 3.09. The van der Waals surface area contributed by atoms with E-state index in [0.717, 1.165) is 17.7 Å². The lowest BCUT2D eigenvalue weighted by Crippen LogP contribution is -2.38. The zero-order chi connectivity index (χ0) is 13.0. The van der Waals surface area contributed by atoms with Crippen LogP contribution in [0.5, 0.6) is 0 Å². The SMILES string of the molecule is CCc1cc(C(=O)N[C@H](C)C(=O)O)oc1CC. The van der Waals surface area contributed by atoms with E-state index in [1.165, 1.54) is 6.92 Å². The molecule has 1 amide bonds. The summed E-state index contributed by atoms with van der Waals surface area (Å²) in [6.07, 6.45) is 1.50. The molecule has 5 heteroatoms. The van der Waals surface area contributed by atoms with Crippen LogP contribution in [-0.4, -0.2) is 23.0 Å². The second kappa shape index (κ2) is 5.52. The first-order valence-corrected chi connectivity index (χ1v) is 5.64. The fraction of sp³-hybridized carbons (Fsp3) is 0.500. The maximum atomic E-state index is 11.7. The van der Waals surface area contributed by atoms with Crippen LogP contribution in [0.3, 0.4) is 0 Å². The van der Waals surface area contributed by atoms with E-state index < -0.39 is 17.9 Å². The fourth-order valence-corrected chi connectivity index (χ4v) is 1.51. The number of aryl methyl sites for hydroxylation is 2. The smallest absolute Gasteiger partial charge is 0.325 e. The van der Waals surface area contributed by atoms with Crippen molar-refractivity contribution >= 4 is 11.9 Å². The van der Waals surface area contributed by atoms with Crippen LogP contribution >= 0.6 is 0 Å². The van der Waals surface area contributed by atoms with Gasteiger partial charge in [-0.25, -0.2) is 0 Å². The van der Waals surface area contributed by atoms with Crippen LogP contribution in [0.1, 0.15) is 42.6 Å². The molecule has 0 spiro atoms. The van der Waals surface area contributed by atoms with Gasteiger partial charge >= 0.3 is 5.97 Å². The maximum absolute atomic E-state index is 11.7. The standard InChI is InChI=1S/C12H17NO4/c1-4-8-6-10(17-9(8)5-2)11(14)13-7(3)12(15)16/h6-7H,4-5H2,1-3H3,(H,13,14)(H,15,16)/t7-/m1/s1. The van der Waals surface area contributed by atoms with Crippen molar-refractivity contribution in [2.45, 2.75) is 39.7 Å². The Morgan fingerprint density at radius 3 is 2.47 bits per heavy atom. The summed E-state index contributed by atoms with van der Waals surface area (Å²) < 4.78 is 5.39. The Balaban J connectivity index is 2.82. The summed E-state index contributed by atoms with van der Waals surface area (Å²) in [5.41, 5.74) is 0.987. The van der Waals surface area contributed by atoms with Crippen molar-refractivity contribution in [3.05, 3.63) is 23.2 Å². The van der Waals surface area contributed by atoms with Crippen molar-refractivity contribution in [2.24, 2.45) is 0 Å². The lowest BCUT2D eigenvalue weighted by molar-refractivity contribution is -0.138. The lowest BCUT2D eigenvalue weighted by Gasteiger charge is -2.06. The number of carbonyl (C=O) groups excluding carboxylic acids is 1. The van der Waals surface area contributed by atoms with Gasteiger partial charge in [-0.1, -0.05) is 13.8 Å². The quantitative estimate of drug-likeness (QED) is 0.818. The molecular formula is C12H17NO4. The van der Waals surface area contributed by atoms with Crippen LogP contribution in [0.2, 0.25) is 0 Å². The number of aliphatic carboxylic acids is 1. The number of hydrogen-bond donors (Lipinski definition) is 2. The van der Waals surface area contributed by atoms with Crippen molar-refractivity contribution in [3.8, 4) is 0 Å². The van der Waals surface area contributed by atoms with E-state index in [2.05, 4.69) is 5.32 Å². The molecule has 0 saturated heterocycles. The molecule has 1 rings (SSSR count). The van der Waals surface area contributed by atoms with Crippen LogP contribution in [0, 0.1) is 0 Å². The Hall–Kier alpha value is -1.78. The second-order valence-corrected chi connectivity index (χ2v) is 3.80. The molecule has 0 aliphatic heterocycles. The number of carboxylic acid groups (broad SMARTS) is 1. The molecular weight excluding hydrogens is 222 g/mol. The molecule has 0 unspecified atom stereocenters. The summed E-state index contributed by atoms with van der Waals surface area (Å²) in [7, 11) is 0. The number of amides is 1. The summed E-state index contributed by atoms with van der Waals surface area (Å²) >= 11 is 0.